The molecule has 0 spiro atoms. The molecule has 0 saturated heterocycles. The van der Waals surface area contributed by atoms with Crippen LogP contribution in [-0.2, 0) is 4.75 Å². The summed E-state index contributed by atoms with van der Waals surface area (Å²) in [4.78, 5) is 1.26. The van der Waals surface area contributed by atoms with E-state index in [1.165, 1.54) is 32.7 Å². The third-order valence-corrected chi connectivity index (χ3v) is 7.29. The first-order chi connectivity index (χ1) is 15.8. The van der Waals surface area contributed by atoms with E-state index in [-0.39, 0.29) is 4.75 Å². The van der Waals surface area contributed by atoms with Crippen molar-refractivity contribution in [3.63, 3.8) is 0 Å². The Bertz CT molecular complexity index is 1240. The molecule has 1 atom stereocenters. The van der Waals surface area contributed by atoms with Crippen molar-refractivity contribution >= 4 is 22.2 Å². The van der Waals surface area contributed by atoms with Crippen LogP contribution in [0, 0.1) is 0 Å². The first-order valence-electron chi connectivity index (χ1n) is 10.7. The smallest absolute Gasteiger partial charge is 0.118 e. The number of thioether (sulfide) groups is 1. The van der Waals surface area contributed by atoms with E-state index in [1.807, 2.05) is 11.8 Å². The second-order valence-electron chi connectivity index (χ2n) is 7.77. The summed E-state index contributed by atoms with van der Waals surface area (Å²) >= 11 is 1.89. The fourth-order valence-corrected chi connectivity index (χ4v) is 5.63. The molecule has 1 heterocycles. The molecule has 4 aromatic carbocycles. The van der Waals surface area contributed by atoms with E-state index in [9.17, 15) is 0 Å². The number of ether oxygens (including phenoxy) is 1. The monoisotopic (exact) mass is 432 g/mol. The van der Waals surface area contributed by atoms with Gasteiger partial charge in [0.2, 0.25) is 0 Å². The molecule has 0 aliphatic carbocycles. The molecule has 1 unspecified atom stereocenters. The van der Waals surface area contributed by atoms with E-state index >= 15 is 0 Å². The lowest BCUT2D eigenvalue weighted by molar-refractivity contribution is 0.414. The summed E-state index contributed by atoms with van der Waals surface area (Å²) in [6.45, 7) is 0. The maximum Gasteiger partial charge on any atom is 0.118 e. The molecule has 0 bridgehead atoms. The quantitative estimate of drug-likeness (QED) is 0.318. The van der Waals surface area contributed by atoms with Crippen molar-refractivity contribution in [2.24, 2.45) is 0 Å². The van der Waals surface area contributed by atoms with Gasteiger partial charge in [-0.3, -0.25) is 0 Å². The number of rotatable bonds is 5. The van der Waals surface area contributed by atoms with Gasteiger partial charge in [0.25, 0.3) is 0 Å². The Morgan fingerprint density at radius 1 is 0.594 bits per heavy atom. The highest BCUT2D eigenvalue weighted by atomic mass is 32.2. The van der Waals surface area contributed by atoms with Crippen LogP contribution in [0.3, 0.4) is 0 Å². The second-order valence-corrected chi connectivity index (χ2v) is 9.06. The van der Waals surface area contributed by atoms with E-state index in [0.717, 1.165) is 5.75 Å². The van der Waals surface area contributed by atoms with Gasteiger partial charge < -0.3 is 4.74 Å². The van der Waals surface area contributed by atoms with Gasteiger partial charge in [-0.1, -0.05) is 109 Å². The first kappa shape index (κ1) is 20.4. The maximum absolute atomic E-state index is 5.44. The Morgan fingerprint density at radius 2 is 1.12 bits per heavy atom. The van der Waals surface area contributed by atoms with Crippen molar-refractivity contribution in [3.05, 3.63) is 150 Å². The highest BCUT2D eigenvalue weighted by Gasteiger charge is 2.37. The average Bonchev–Trinajstić information content (AvgIpc) is 2.90. The summed E-state index contributed by atoms with van der Waals surface area (Å²) in [6, 6.07) is 40.6. The van der Waals surface area contributed by atoms with Crippen LogP contribution in [0.15, 0.2) is 127 Å². The zero-order chi connectivity index (χ0) is 21.8. The molecule has 1 aliphatic heterocycles. The molecule has 1 aliphatic rings. The third kappa shape index (κ3) is 3.90. The lowest BCUT2D eigenvalue weighted by Gasteiger charge is -2.36. The predicted molar refractivity (Wildman–Crippen MR) is 137 cm³/mol. The fraction of sp³-hybridized carbons (Fsp3) is 0.0667. The van der Waals surface area contributed by atoms with Crippen LogP contribution in [0.4, 0.5) is 0 Å². The van der Waals surface area contributed by atoms with Crippen LogP contribution >= 0.6 is 11.8 Å². The Morgan fingerprint density at radius 3 is 1.72 bits per heavy atom. The molecule has 1 nitrogen and oxygen atoms in total. The van der Waals surface area contributed by atoms with Crippen molar-refractivity contribution < 1.29 is 4.74 Å². The maximum atomic E-state index is 5.44. The van der Waals surface area contributed by atoms with Crippen molar-refractivity contribution in [2.75, 3.05) is 7.11 Å². The zero-order valence-corrected chi connectivity index (χ0v) is 18.8. The molecule has 0 saturated carbocycles. The summed E-state index contributed by atoms with van der Waals surface area (Å²) in [5, 5.41) is 0. The van der Waals surface area contributed by atoms with Crippen LogP contribution < -0.4 is 4.74 Å². The summed E-state index contributed by atoms with van der Waals surface area (Å²) in [5.41, 5.74) is 6.15. The van der Waals surface area contributed by atoms with E-state index in [2.05, 4.69) is 127 Å². The van der Waals surface area contributed by atoms with Gasteiger partial charge in [-0.25, -0.2) is 0 Å². The third-order valence-electron chi connectivity index (χ3n) is 5.80. The molecule has 5 rings (SSSR count). The highest BCUT2D eigenvalue weighted by molar-refractivity contribution is 8.09. The number of hydrogen-bond donors (Lipinski definition) is 0. The van der Waals surface area contributed by atoms with Crippen molar-refractivity contribution in [3.8, 4) is 5.75 Å². The molecule has 0 amide bonds. The molecule has 0 radical (unpaired) electrons. The Balaban J connectivity index is 1.76. The van der Waals surface area contributed by atoms with Gasteiger partial charge in [-0.05, 0) is 46.0 Å². The molecule has 156 valence electrons. The van der Waals surface area contributed by atoms with Gasteiger partial charge in [0.05, 0.1) is 11.9 Å². The first-order valence-corrected chi connectivity index (χ1v) is 11.5. The Kier molecular flexibility index (Phi) is 5.70. The lowest BCUT2D eigenvalue weighted by atomic mass is 9.86. The number of allylic oxidation sites excluding steroid dienone is 2. The Labute approximate surface area is 194 Å². The molecule has 4 aromatic rings. The standard InChI is InChI=1S/C30H24OS/c1-31-28-19-17-27(18-20-28)30(26-15-9-4-10-16-26)22-25(23-11-5-2-6-12-23)21-29(32-30)24-13-7-3-8-14-24/h2-22H,1H3. The van der Waals surface area contributed by atoms with Gasteiger partial charge in [0.15, 0.2) is 0 Å². The summed E-state index contributed by atoms with van der Waals surface area (Å²) in [7, 11) is 1.71. The normalized spacial score (nSPS) is 17.9. The van der Waals surface area contributed by atoms with Crippen LogP contribution in [0.2, 0.25) is 0 Å². The van der Waals surface area contributed by atoms with Gasteiger partial charge in [-0.2, -0.15) is 0 Å². The van der Waals surface area contributed by atoms with Crippen molar-refractivity contribution in [1.29, 1.82) is 0 Å². The van der Waals surface area contributed by atoms with Crippen LogP contribution in [0.25, 0.3) is 10.5 Å². The van der Waals surface area contributed by atoms with Gasteiger partial charge in [0, 0.05) is 4.91 Å². The van der Waals surface area contributed by atoms with Gasteiger partial charge in [0.1, 0.15) is 5.75 Å². The van der Waals surface area contributed by atoms with Crippen LogP contribution in [-0.4, -0.2) is 7.11 Å². The molecule has 0 N–H and O–H groups in total. The van der Waals surface area contributed by atoms with Crippen LogP contribution in [0.5, 0.6) is 5.75 Å². The Hall–Kier alpha value is -3.49. The fourth-order valence-electron chi connectivity index (χ4n) is 4.15. The molecule has 0 fully saturated rings. The van der Waals surface area contributed by atoms with Crippen molar-refractivity contribution in [1.82, 2.24) is 0 Å². The largest absolute Gasteiger partial charge is 0.497 e. The molecule has 0 aromatic heterocycles. The number of benzene rings is 4. The minimum atomic E-state index is -0.362. The molecule has 32 heavy (non-hydrogen) atoms. The van der Waals surface area contributed by atoms with E-state index in [1.54, 1.807) is 7.11 Å². The topological polar surface area (TPSA) is 9.23 Å². The number of hydrogen-bond acceptors (Lipinski definition) is 2. The van der Waals surface area contributed by atoms with Crippen LogP contribution in [0.1, 0.15) is 22.3 Å². The molecular weight excluding hydrogens is 408 g/mol. The minimum absolute atomic E-state index is 0.362. The van der Waals surface area contributed by atoms with Gasteiger partial charge in [-0.15, -0.1) is 11.8 Å². The predicted octanol–water partition coefficient (Wildman–Crippen LogP) is 7.81. The summed E-state index contributed by atoms with van der Waals surface area (Å²) in [6.07, 6.45) is 4.73. The SMILES string of the molecule is COc1ccc(C2(c3ccccc3)C=C(c3ccccc3)C=C(c3ccccc3)S2)cc1. The molecule has 2 heteroatoms. The lowest BCUT2D eigenvalue weighted by Crippen LogP contribution is -2.23. The van der Waals surface area contributed by atoms with E-state index in [0.29, 0.717) is 0 Å². The van der Waals surface area contributed by atoms with Crippen molar-refractivity contribution in [2.45, 2.75) is 4.75 Å². The van der Waals surface area contributed by atoms with Gasteiger partial charge >= 0.3 is 0 Å². The number of methoxy groups -OCH3 is 1. The summed E-state index contributed by atoms with van der Waals surface area (Å²) in [5.74, 6) is 0.865. The average molecular weight is 433 g/mol. The second kappa shape index (κ2) is 8.94. The molecular formula is C30H24OS. The van der Waals surface area contributed by atoms with E-state index in [4.69, 9.17) is 4.74 Å². The summed E-state index contributed by atoms with van der Waals surface area (Å²) < 4.78 is 5.08. The zero-order valence-electron chi connectivity index (χ0n) is 17.9. The minimum Gasteiger partial charge on any atom is -0.497 e. The highest BCUT2D eigenvalue weighted by Crippen LogP contribution is 2.55. The van der Waals surface area contributed by atoms with E-state index < -0.39 is 0 Å².